The molecule has 0 aliphatic carbocycles. The molecule has 4 nitrogen and oxygen atoms in total. The SMILES string of the molecule is Cc1c(N2C[C@@H](C)O[C@@H](C)C2)ccc(NCCCCCN)c1F. The van der Waals surface area contributed by atoms with E-state index in [1.165, 1.54) is 0 Å². The summed E-state index contributed by atoms with van der Waals surface area (Å²) in [6, 6.07) is 3.87. The van der Waals surface area contributed by atoms with Gasteiger partial charge in [-0.05, 0) is 52.3 Å². The number of ether oxygens (including phenoxy) is 1. The molecule has 0 unspecified atom stereocenters. The number of rotatable bonds is 7. The van der Waals surface area contributed by atoms with Gasteiger partial charge >= 0.3 is 0 Å². The molecule has 1 heterocycles. The quantitative estimate of drug-likeness (QED) is 0.756. The first-order valence-corrected chi connectivity index (χ1v) is 8.66. The molecule has 2 atom stereocenters. The van der Waals surface area contributed by atoms with Crippen LogP contribution in [0.5, 0.6) is 0 Å². The van der Waals surface area contributed by atoms with E-state index in [0.717, 1.165) is 51.1 Å². The van der Waals surface area contributed by atoms with Gasteiger partial charge in [0.1, 0.15) is 0 Å². The summed E-state index contributed by atoms with van der Waals surface area (Å²) in [5.74, 6) is -0.145. The minimum absolute atomic E-state index is 0.145. The molecule has 0 amide bonds. The van der Waals surface area contributed by atoms with Crippen molar-refractivity contribution in [3.63, 3.8) is 0 Å². The van der Waals surface area contributed by atoms with Crippen molar-refractivity contribution in [2.24, 2.45) is 5.73 Å². The first-order valence-electron chi connectivity index (χ1n) is 8.66. The summed E-state index contributed by atoms with van der Waals surface area (Å²) in [5.41, 5.74) is 7.75. The van der Waals surface area contributed by atoms with Crippen molar-refractivity contribution >= 4 is 11.4 Å². The lowest BCUT2D eigenvalue weighted by atomic mass is 10.1. The summed E-state index contributed by atoms with van der Waals surface area (Å²) < 4.78 is 20.4. The Morgan fingerprint density at radius 1 is 1.22 bits per heavy atom. The smallest absolute Gasteiger partial charge is 0.151 e. The van der Waals surface area contributed by atoms with Crippen LogP contribution < -0.4 is 16.0 Å². The zero-order valence-corrected chi connectivity index (χ0v) is 14.6. The van der Waals surface area contributed by atoms with Crippen molar-refractivity contribution in [3.05, 3.63) is 23.5 Å². The molecule has 3 N–H and O–H groups in total. The highest BCUT2D eigenvalue weighted by atomic mass is 19.1. The van der Waals surface area contributed by atoms with Crippen molar-refractivity contribution in [1.29, 1.82) is 0 Å². The van der Waals surface area contributed by atoms with Gasteiger partial charge in [-0.15, -0.1) is 0 Å². The van der Waals surface area contributed by atoms with E-state index in [0.29, 0.717) is 11.3 Å². The largest absolute Gasteiger partial charge is 0.383 e. The molecule has 1 fully saturated rings. The van der Waals surface area contributed by atoms with Crippen LogP contribution in [0.15, 0.2) is 12.1 Å². The van der Waals surface area contributed by atoms with Crippen LogP contribution in [0.25, 0.3) is 0 Å². The molecule has 5 heteroatoms. The molecule has 0 aromatic heterocycles. The molecule has 1 aliphatic heterocycles. The van der Waals surface area contributed by atoms with Gasteiger partial charge in [0.25, 0.3) is 0 Å². The lowest BCUT2D eigenvalue weighted by Crippen LogP contribution is -2.45. The van der Waals surface area contributed by atoms with Gasteiger partial charge in [-0.2, -0.15) is 0 Å². The molecule has 0 spiro atoms. The van der Waals surface area contributed by atoms with E-state index in [2.05, 4.69) is 24.1 Å². The van der Waals surface area contributed by atoms with Crippen LogP contribution in [0.4, 0.5) is 15.8 Å². The maximum absolute atomic E-state index is 14.6. The number of nitrogens with two attached hydrogens (primary N) is 1. The van der Waals surface area contributed by atoms with Gasteiger partial charge in [-0.1, -0.05) is 6.42 Å². The van der Waals surface area contributed by atoms with Crippen molar-refractivity contribution in [2.75, 3.05) is 36.4 Å². The molecule has 1 aromatic rings. The van der Waals surface area contributed by atoms with Crippen LogP contribution in [-0.4, -0.2) is 38.4 Å². The first-order chi connectivity index (χ1) is 11.0. The van der Waals surface area contributed by atoms with E-state index >= 15 is 0 Å². The van der Waals surface area contributed by atoms with Crippen LogP contribution in [0.1, 0.15) is 38.7 Å². The Labute approximate surface area is 139 Å². The number of hydrogen-bond donors (Lipinski definition) is 2. The lowest BCUT2D eigenvalue weighted by Gasteiger charge is -2.37. The number of nitrogens with zero attached hydrogens (tertiary/aromatic N) is 1. The van der Waals surface area contributed by atoms with Crippen molar-refractivity contribution in [3.8, 4) is 0 Å². The summed E-state index contributed by atoms with van der Waals surface area (Å²) in [7, 11) is 0. The molecule has 130 valence electrons. The van der Waals surface area contributed by atoms with Gasteiger partial charge in [-0.25, -0.2) is 4.39 Å². The second-order valence-corrected chi connectivity index (χ2v) is 6.51. The molecule has 1 aromatic carbocycles. The zero-order chi connectivity index (χ0) is 16.8. The third-order valence-corrected chi connectivity index (χ3v) is 4.31. The molecule has 1 saturated heterocycles. The van der Waals surface area contributed by atoms with Crippen molar-refractivity contribution in [1.82, 2.24) is 0 Å². The van der Waals surface area contributed by atoms with Gasteiger partial charge in [0, 0.05) is 30.9 Å². The number of halogens is 1. The number of unbranched alkanes of at least 4 members (excludes halogenated alkanes) is 2. The normalized spacial score (nSPS) is 21.5. The van der Waals surface area contributed by atoms with Gasteiger partial charge in [0.05, 0.1) is 17.9 Å². The molecule has 0 radical (unpaired) electrons. The van der Waals surface area contributed by atoms with E-state index in [1.54, 1.807) is 0 Å². The Morgan fingerprint density at radius 2 is 1.91 bits per heavy atom. The maximum atomic E-state index is 14.6. The predicted octanol–water partition coefficient (Wildman–Crippen LogP) is 3.29. The van der Waals surface area contributed by atoms with Gasteiger partial charge in [0.15, 0.2) is 5.82 Å². The summed E-state index contributed by atoms with van der Waals surface area (Å²) in [5, 5.41) is 3.20. The molecule has 2 rings (SSSR count). The summed E-state index contributed by atoms with van der Waals surface area (Å²) in [6.45, 7) is 9.08. The lowest BCUT2D eigenvalue weighted by molar-refractivity contribution is -0.00526. The predicted molar refractivity (Wildman–Crippen MR) is 94.8 cm³/mol. The van der Waals surface area contributed by atoms with Crippen LogP contribution >= 0.6 is 0 Å². The average Bonchev–Trinajstić information content (AvgIpc) is 2.50. The Hall–Kier alpha value is -1.33. The van der Waals surface area contributed by atoms with Crippen LogP contribution in [0.3, 0.4) is 0 Å². The van der Waals surface area contributed by atoms with E-state index in [-0.39, 0.29) is 18.0 Å². The Morgan fingerprint density at radius 3 is 2.57 bits per heavy atom. The third-order valence-electron chi connectivity index (χ3n) is 4.31. The van der Waals surface area contributed by atoms with Crippen LogP contribution in [-0.2, 0) is 4.74 Å². The van der Waals surface area contributed by atoms with E-state index < -0.39 is 0 Å². The highest BCUT2D eigenvalue weighted by Crippen LogP contribution is 2.30. The third kappa shape index (κ3) is 4.82. The molecule has 0 saturated carbocycles. The van der Waals surface area contributed by atoms with Gasteiger partial charge in [-0.3, -0.25) is 0 Å². The van der Waals surface area contributed by atoms with E-state index in [1.807, 2.05) is 19.1 Å². The molecule has 0 bridgehead atoms. The highest BCUT2D eigenvalue weighted by molar-refractivity contribution is 5.62. The molecule has 1 aliphatic rings. The van der Waals surface area contributed by atoms with E-state index in [9.17, 15) is 4.39 Å². The molecular weight excluding hydrogens is 293 g/mol. The van der Waals surface area contributed by atoms with Gasteiger partial charge < -0.3 is 20.7 Å². The maximum Gasteiger partial charge on any atom is 0.151 e. The number of hydrogen-bond acceptors (Lipinski definition) is 4. The minimum Gasteiger partial charge on any atom is -0.383 e. The molecular formula is C18H30FN3O. The van der Waals surface area contributed by atoms with Crippen LogP contribution in [0, 0.1) is 12.7 Å². The summed E-state index contributed by atoms with van der Waals surface area (Å²) in [4.78, 5) is 2.22. The second kappa shape index (κ2) is 8.50. The topological polar surface area (TPSA) is 50.5 Å². The molecule has 23 heavy (non-hydrogen) atoms. The first kappa shape index (κ1) is 18.0. The second-order valence-electron chi connectivity index (χ2n) is 6.51. The van der Waals surface area contributed by atoms with Crippen molar-refractivity contribution in [2.45, 2.75) is 52.2 Å². The number of anilines is 2. The minimum atomic E-state index is -0.145. The zero-order valence-electron chi connectivity index (χ0n) is 14.6. The fourth-order valence-corrected chi connectivity index (χ4v) is 3.20. The Bertz CT molecular complexity index is 499. The standard InChI is InChI=1S/C18H30FN3O/c1-13-11-22(12-14(2)23-13)17-8-7-16(18(19)15(17)3)21-10-6-4-5-9-20/h7-8,13-14,21H,4-6,9-12,20H2,1-3H3/t13-,14+. The monoisotopic (exact) mass is 323 g/mol. The number of morpholine rings is 1. The summed E-state index contributed by atoms with van der Waals surface area (Å²) in [6.07, 6.45) is 3.44. The summed E-state index contributed by atoms with van der Waals surface area (Å²) >= 11 is 0. The Balaban J connectivity index is 2.02. The highest BCUT2D eigenvalue weighted by Gasteiger charge is 2.24. The fourth-order valence-electron chi connectivity index (χ4n) is 3.20. The average molecular weight is 323 g/mol. The van der Waals surface area contributed by atoms with E-state index in [4.69, 9.17) is 10.5 Å². The van der Waals surface area contributed by atoms with Crippen molar-refractivity contribution < 1.29 is 9.13 Å². The fraction of sp³-hybridized carbons (Fsp3) is 0.667. The van der Waals surface area contributed by atoms with Crippen LogP contribution in [0.2, 0.25) is 0 Å². The number of benzene rings is 1. The number of nitrogens with one attached hydrogen (secondary N) is 1. The van der Waals surface area contributed by atoms with Gasteiger partial charge in [0.2, 0.25) is 0 Å². The Kier molecular flexibility index (Phi) is 6.66.